The predicted molar refractivity (Wildman–Crippen MR) is 81.8 cm³/mol. The number of benzene rings is 1. The lowest BCUT2D eigenvalue weighted by atomic mass is 9.91. The van der Waals surface area contributed by atoms with Crippen LogP contribution >= 0.6 is 15.9 Å². The molecule has 1 aromatic heterocycles. The Balaban J connectivity index is 2.82. The summed E-state index contributed by atoms with van der Waals surface area (Å²) in [6, 6.07) is 7.60. The number of anilines is 1. The van der Waals surface area contributed by atoms with Crippen molar-refractivity contribution >= 4 is 21.6 Å². The Bertz CT molecular complexity index is 677. The van der Waals surface area contributed by atoms with Gasteiger partial charge in [0.1, 0.15) is 5.69 Å². The smallest absolute Gasteiger partial charge is 0.294 e. The molecule has 0 saturated carbocycles. The lowest BCUT2D eigenvalue weighted by Crippen LogP contribution is -2.22. The van der Waals surface area contributed by atoms with E-state index < -0.39 is 0 Å². The minimum Gasteiger partial charge on any atom is -0.393 e. The van der Waals surface area contributed by atoms with Crippen LogP contribution in [0, 0.1) is 0 Å². The van der Waals surface area contributed by atoms with Gasteiger partial charge in [-0.05, 0) is 28.1 Å². The largest absolute Gasteiger partial charge is 0.393 e. The zero-order chi connectivity index (χ0) is 14.4. The lowest BCUT2D eigenvalue weighted by molar-refractivity contribution is 0.501. The first-order valence-corrected chi connectivity index (χ1v) is 6.87. The fourth-order valence-corrected chi connectivity index (χ4v) is 2.86. The maximum atomic E-state index is 12.4. The van der Waals surface area contributed by atoms with Crippen LogP contribution in [-0.4, -0.2) is 9.36 Å². The monoisotopic (exact) mass is 323 g/mol. The van der Waals surface area contributed by atoms with E-state index >= 15 is 0 Å². The van der Waals surface area contributed by atoms with Crippen LogP contribution in [0.1, 0.15) is 26.5 Å². The van der Waals surface area contributed by atoms with Gasteiger partial charge in [-0.25, -0.2) is 4.68 Å². The SMILES string of the molecule is Cn1c(C(C)(C)C)c(N)c(=O)n1-c1ccccc1Br. The first-order chi connectivity index (χ1) is 8.75. The zero-order valence-corrected chi connectivity index (χ0v) is 13.2. The molecule has 0 unspecified atom stereocenters. The molecule has 5 heteroatoms. The summed E-state index contributed by atoms with van der Waals surface area (Å²) >= 11 is 3.47. The summed E-state index contributed by atoms with van der Waals surface area (Å²) < 4.78 is 4.29. The summed E-state index contributed by atoms with van der Waals surface area (Å²) in [7, 11) is 1.86. The maximum Gasteiger partial charge on any atom is 0.294 e. The summed E-state index contributed by atoms with van der Waals surface area (Å²) in [4.78, 5) is 12.4. The molecule has 4 nitrogen and oxygen atoms in total. The number of para-hydroxylation sites is 1. The molecule has 0 amide bonds. The van der Waals surface area contributed by atoms with E-state index in [1.54, 1.807) is 4.68 Å². The van der Waals surface area contributed by atoms with Gasteiger partial charge in [0.2, 0.25) is 0 Å². The standard InChI is InChI=1S/C14H18BrN3O/c1-14(2,3)12-11(16)13(19)18(17(12)4)10-8-6-5-7-9(10)15/h5-8H,16H2,1-4H3. The normalized spacial score (nSPS) is 11.8. The maximum absolute atomic E-state index is 12.4. The molecule has 0 aliphatic rings. The molecule has 102 valence electrons. The van der Waals surface area contributed by atoms with Crippen LogP contribution in [0.5, 0.6) is 0 Å². The molecule has 1 aromatic carbocycles. The van der Waals surface area contributed by atoms with E-state index in [2.05, 4.69) is 15.9 Å². The number of halogens is 1. The summed E-state index contributed by atoms with van der Waals surface area (Å²) in [6.07, 6.45) is 0. The molecule has 2 rings (SSSR count). The van der Waals surface area contributed by atoms with E-state index in [-0.39, 0.29) is 11.0 Å². The van der Waals surface area contributed by atoms with Crippen molar-refractivity contribution in [1.29, 1.82) is 0 Å². The van der Waals surface area contributed by atoms with Gasteiger partial charge in [0.25, 0.3) is 5.56 Å². The van der Waals surface area contributed by atoms with Gasteiger partial charge >= 0.3 is 0 Å². The van der Waals surface area contributed by atoms with Gasteiger partial charge in [0.15, 0.2) is 0 Å². The molecule has 0 saturated heterocycles. The van der Waals surface area contributed by atoms with Gasteiger partial charge in [0, 0.05) is 16.9 Å². The first kappa shape index (κ1) is 13.9. The summed E-state index contributed by atoms with van der Waals surface area (Å²) in [5, 5.41) is 0. The van der Waals surface area contributed by atoms with Crippen LogP contribution in [0.3, 0.4) is 0 Å². The van der Waals surface area contributed by atoms with Crippen molar-refractivity contribution in [2.24, 2.45) is 7.05 Å². The average Bonchev–Trinajstić information content (AvgIpc) is 2.51. The van der Waals surface area contributed by atoms with Gasteiger partial charge in [-0.2, -0.15) is 0 Å². The molecule has 0 aliphatic carbocycles. The quantitative estimate of drug-likeness (QED) is 0.877. The van der Waals surface area contributed by atoms with E-state index in [1.165, 1.54) is 0 Å². The molecule has 0 radical (unpaired) electrons. The third-order valence-electron chi connectivity index (χ3n) is 3.09. The molecule has 2 aromatic rings. The second-order valence-corrected chi connectivity index (χ2v) is 6.46. The van der Waals surface area contributed by atoms with Gasteiger partial charge in [0.05, 0.1) is 11.4 Å². The van der Waals surface area contributed by atoms with Crippen LogP contribution in [0.4, 0.5) is 5.69 Å². The van der Waals surface area contributed by atoms with E-state index in [0.29, 0.717) is 5.69 Å². The fraction of sp³-hybridized carbons (Fsp3) is 0.357. The Kier molecular flexibility index (Phi) is 3.34. The summed E-state index contributed by atoms with van der Waals surface area (Å²) in [6.45, 7) is 6.13. The number of hydrogen-bond acceptors (Lipinski definition) is 2. The Morgan fingerprint density at radius 1 is 1.21 bits per heavy atom. The number of rotatable bonds is 1. The van der Waals surface area contributed by atoms with Crippen LogP contribution in [0.25, 0.3) is 5.69 Å². The van der Waals surface area contributed by atoms with Crippen molar-refractivity contribution in [1.82, 2.24) is 9.36 Å². The molecule has 1 heterocycles. The van der Waals surface area contributed by atoms with Gasteiger partial charge in [-0.3, -0.25) is 9.48 Å². The molecule has 2 N–H and O–H groups in total. The molecule has 0 atom stereocenters. The van der Waals surface area contributed by atoms with Crippen molar-refractivity contribution in [2.45, 2.75) is 26.2 Å². The Morgan fingerprint density at radius 3 is 2.26 bits per heavy atom. The van der Waals surface area contributed by atoms with E-state index in [4.69, 9.17) is 5.73 Å². The highest BCUT2D eigenvalue weighted by molar-refractivity contribution is 9.10. The molecular formula is C14H18BrN3O. The van der Waals surface area contributed by atoms with Crippen LogP contribution in [0.2, 0.25) is 0 Å². The highest BCUT2D eigenvalue weighted by Crippen LogP contribution is 2.28. The molecular weight excluding hydrogens is 306 g/mol. The van der Waals surface area contributed by atoms with Gasteiger partial charge in [-0.1, -0.05) is 32.9 Å². The minimum absolute atomic E-state index is 0.181. The lowest BCUT2D eigenvalue weighted by Gasteiger charge is -2.21. The molecule has 0 bridgehead atoms. The number of aromatic nitrogens is 2. The molecule has 19 heavy (non-hydrogen) atoms. The first-order valence-electron chi connectivity index (χ1n) is 6.08. The summed E-state index contributed by atoms with van der Waals surface area (Å²) in [5.74, 6) is 0. The number of nitrogens with zero attached hydrogens (tertiary/aromatic N) is 2. The number of nitrogens with two attached hydrogens (primary N) is 1. The second kappa shape index (κ2) is 4.56. The summed E-state index contributed by atoms with van der Waals surface area (Å²) in [5.41, 5.74) is 7.58. The van der Waals surface area contributed by atoms with E-state index in [1.807, 2.05) is 56.8 Å². The van der Waals surface area contributed by atoms with Crippen molar-refractivity contribution in [3.63, 3.8) is 0 Å². The number of hydrogen-bond donors (Lipinski definition) is 1. The second-order valence-electron chi connectivity index (χ2n) is 5.60. The third kappa shape index (κ3) is 2.23. The van der Waals surface area contributed by atoms with Crippen molar-refractivity contribution in [3.8, 4) is 5.69 Å². The minimum atomic E-state index is -0.190. The van der Waals surface area contributed by atoms with E-state index in [9.17, 15) is 4.79 Å². The Hall–Kier alpha value is -1.49. The fourth-order valence-electron chi connectivity index (χ4n) is 2.41. The van der Waals surface area contributed by atoms with Gasteiger partial charge < -0.3 is 5.73 Å². The third-order valence-corrected chi connectivity index (χ3v) is 3.76. The van der Waals surface area contributed by atoms with Crippen LogP contribution < -0.4 is 11.3 Å². The zero-order valence-electron chi connectivity index (χ0n) is 11.6. The molecule has 0 aliphatic heterocycles. The number of nitrogen functional groups attached to an aromatic ring is 1. The Labute approximate surface area is 120 Å². The van der Waals surface area contributed by atoms with E-state index in [0.717, 1.165) is 15.9 Å². The van der Waals surface area contributed by atoms with Gasteiger partial charge in [-0.15, -0.1) is 0 Å². The topological polar surface area (TPSA) is 52.9 Å². The van der Waals surface area contributed by atoms with Crippen molar-refractivity contribution in [3.05, 3.63) is 44.8 Å². The van der Waals surface area contributed by atoms with Crippen molar-refractivity contribution in [2.75, 3.05) is 5.73 Å². The predicted octanol–water partition coefficient (Wildman–Crippen LogP) is 2.82. The Morgan fingerprint density at radius 2 is 1.79 bits per heavy atom. The van der Waals surface area contributed by atoms with Crippen LogP contribution in [-0.2, 0) is 12.5 Å². The highest BCUT2D eigenvalue weighted by Gasteiger charge is 2.26. The van der Waals surface area contributed by atoms with Crippen LogP contribution in [0.15, 0.2) is 33.5 Å². The highest BCUT2D eigenvalue weighted by atomic mass is 79.9. The molecule has 0 spiro atoms. The van der Waals surface area contributed by atoms with Crippen molar-refractivity contribution < 1.29 is 0 Å². The average molecular weight is 324 g/mol. The molecule has 0 fully saturated rings.